The monoisotopic (exact) mass is 390 g/mol. The van der Waals surface area contributed by atoms with Crippen molar-refractivity contribution in [3.05, 3.63) is 30.9 Å². The lowest BCUT2D eigenvalue weighted by Gasteiger charge is -2.26. The van der Waals surface area contributed by atoms with Crippen LogP contribution in [0.4, 0.5) is 0 Å². The largest absolute Gasteiger partial charge is 0.463 e. The van der Waals surface area contributed by atoms with Crippen molar-refractivity contribution in [2.24, 2.45) is 0 Å². The molecule has 1 atom stereocenters. The lowest BCUT2D eigenvalue weighted by Crippen LogP contribution is -2.46. The molecule has 3 aromatic rings. The van der Waals surface area contributed by atoms with Gasteiger partial charge in [0.2, 0.25) is 10.0 Å². The summed E-state index contributed by atoms with van der Waals surface area (Å²) in [5, 5.41) is 5.23. The van der Waals surface area contributed by atoms with E-state index in [4.69, 9.17) is 4.74 Å². The van der Waals surface area contributed by atoms with Crippen LogP contribution in [0.2, 0.25) is 0 Å². The van der Waals surface area contributed by atoms with Gasteiger partial charge < -0.3 is 9.72 Å². The number of carbonyl (C=O) groups is 1. The van der Waals surface area contributed by atoms with E-state index in [2.05, 4.69) is 24.8 Å². The highest BCUT2D eigenvalue weighted by molar-refractivity contribution is 7.89. The Morgan fingerprint density at radius 3 is 3.00 bits per heavy atom. The van der Waals surface area contributed by atoms with Gasteiger partial charge in [0.1, 0.15) is 17.8 Å². The van der Waals surface area contributed by atoms with Gasteiger partial charge in [-0.25, -0.2) is 23.1 Å². The molecule has 3 aromatic heterocycles. The molecule has 0 amide bonds. The number of ether oxygens (including phenoxy) is 1. The fourth-order valence-electron chi connectivity index (χ4n) is 2.95. The van der Waals surface area contributed by atoms with Gasteiger partial charge in [-0.1, -0.05) is 0 Å². The Labute approximate surface area is 155 Å². The van der Waals surface area contributed by atoms with Gasteiger partial charge in [0.05, 0.1) is 23.9 Å². The average Bonchev–Trinajstić information content (AvgIpc) is 3.39. The molecule has 10 nitrogen and oxygen atoms in total. The van der Waals surface area contributed by atoms with E-state index in [1.165, 1.54) is 0 Å². The molecule has 0 radical (unpaired) electrons. The van der Waals surface area contributed by atoms with Gasteiger partial charge >= 0.3 is 5.97 Å². The predicted octanol–water partition coefficient (Wildman–Crippen LogP) is 0.403. The number of nitrogens with one attached hydrogen (secondary N) is 2. The lowest BCUT2D eigenvalue weighted by molar-refractivity contribution is -0.137. The molecule has 0 aromatic carbocycles. The molecule has 4 rings (SSSR count). The van der Waals surface area contributed by atoms with E-state index in [0.29, 0.717) is 17.0 Å². The fraction of sp³-hybridized carbons (Fsp3) is 0.375. The van der Waals surface area contributed by atoms with Crippen molar-refractivity contribution in [2.75, 3.05) is 18.9 Å². The Morgan fingerprint density at radius 2 is 2.26 bits per heavy atom. The Kier molecular flexibility index (Phi) is 4.19. The average molecular weight is 390 g/mol. The van der Waals surface area contributed by atoms with E-state index in [-0.39, 0.29) is 25.3 Å². The molecular formula is C16H18N6O4S. The maximum Gasteiger partial charge on any atom is 0.308 e. The summed E-state index contributed by atoms with van der Waals surface area (Å²) in [6.45, 7) is 1.59. The van der Waals surface area contributed by atoms with Crippen LogP contribution >= 0.6 is 0 Å². The Bertz CT molecular complexity index is 1110. The molecule has 1 aliphatic heterocycles. The van der Waals surface area contributed by atoms with E-state index in [1.54, 1.807) is 36.4 Å². The van der Waals surface area contributed by atoms with Gasteiger partial charge in [0.15, 0.2) is 5.82 Å². The number of hydrogen-bond acceptors (Lipinski definition) is 7. The zero-order chi connectivity index (χ0) is 19.1. The van der Waals surface area contributed by atoms with Crippen molar-refractivity contribution in [1.82, 2.24) is 29.5 Å². The minimum Gasteiger partial charge on any atom is -0.463 e. The van der Waals surface area contributed by atoms with Crippen LogP contribution in [0.3, 0.4) is 0 Å². The minimum atomic E-state index is -3.42. The third kappa shape index (κ3) is 3.30. The summed E-state index contributed by atoms with van der Waals surface area (Å²) in [6.07, 6.45) is 6.80. The third-order valence-corrected chi connectivity index (χ3v) is 5.95. The summed E-state index contributed by atoms with van der Waals surface area (Å²) in [7, 11) is -3.42. The standard InChI is InChI=1S/C16H18N6O4S/c1-2-27(24,25)20-9-16(5-13(23)26-10-16)22-8-12(7-19-22)15-18-6-11-3-4-17-14(11)21-15/h3-4,6-8,20H,2,5,9-10H2,1H3,(H,17,18,21). The quantitative estimate of drug-likeness (QED) is 0.582. The van der Waals surface area contributed by atoms with Gasteiger partial charge in [-0.05, 0) is 13.0 Å². The highest BCUT2D eigenvalue weighted by Crippen LogP contribution is 2.29. The highest BCUT2D eigenvalue weighted by Gasteiger charge is 2.43. The van der Waals surface area contributed by atoms with E-state index < -0.39 is 21.5 Å². The number of aromatic nitrogens is 5. The Morgan fingerprint density at radius 1 is 1.41 bits per heavy atom. The molecule has 1 saturated heterocycles. The minimum absolute atomic E-state index is 0.00650. The molecular weight excluding hydrogens is 372 g/mol. The topological polar surface area (TPSA) is 132 Å². The Balaban J connectivity index is 1.66. The van der Waals surface area contributed by atoms with Crippen LogP contribution in [0.25, 0.3) is 22.4 Å². The van der Waals surface area contributed by atoms with Gasteiger partial charge in [-0.2, -0.15) is 5.10 Å². The first-order valence-corrected chi connectivity index (χ1v) is 10.0. The summed E-state index contributed by atoms with van der Waals surface area (Å²) in [4.78, 5) is 23.6. The van der Waals surface area contributed by atoms with E-state index in [9.17, 15) is 13.2 Å². The number of hydrogen-bond donors (Lipinski definition) is 2. The van der Waals surface area contributed by atoms with Crippen molar-refractivity contribution in [3.63, 3.8) is 0 Å². The molecule has 27 heavy (non-hydrogen) atoms. The van der Waals surface area contributed by atoms with Crippen LogP contribution in [0.15, 0.2) is 30.9 Å². The Hall–Kier alpha value is -2.79. The smallest absolute Gasteiger partial charge is 0.308 e. The lowest BCUT2D eigenvalue weighted by atomic mass is 9.99. The molecule has 1 aliphatic rings. The van der Waals surface area contributed by atoms with Gasteiger partial charge in [-0.15, -0.1) is 0 Å². The second-order valence-electron chi connectivity index (χ2n) is 6.44. The molecule has 0 bridgehead atoms. The van der Waals surface area contributed by atoms with E-state index >= 15 is 0 Å². The number of rotatable bonds is 6. The van der Waals surface area contributed by atoms with Crippen molar-refractivity contribution in [3.8, 4) is 11.4 Å². The number of H-pyrrole nitrogens is 1. The number of aromatic amines is 1. The molecule has 0 spiro atoms. The molecule has 1 unspecified atom stereocenters. The van der Waals surface area contributed by atoms with Gasteiger partial charge in [0.25, 0.3) is 0 Å². The molecule has 1 fully saturated rings. The number of fused-ring (bicyclic) bond motifs is 1. The molecule has 11 heteroatoms. The number of carbonyl (C=O) groups excluding carboxylic acids is 1. The number of nitrogens with zero attached hydrogens (tertiary/aromatic N) is 4. The molecule has 0 aliphatic carbocycles. The summed E-state index contributed by atoms with van der Waals surface area (Å²) >= 11 is 0. The normalized spacial score (nSPS) is 20.3. The maximum absolute atomic E-state index is 11.8. The van der Waals surface area contributed by atoms with Gasteiger partial charge in [-0.3, -0.25) is 9.48 Å². The molecule has 2 N–H and O–H groups in total. The first-order chi connectivity index (χ1) is 12.9. The SMILES string of the molecule is CCS(=O)(=O)NCC1(n2cc(-c3ncc4cc[nH]c4n3)cn2)COC(=O)C1. The fourth-order valence-corrected chi connectivity index (χ4v) is 3.64. The van der Waals surface area contributed by atoms with Crippen molar-refractivity contribution in [2.45, 2.75) is 18.9 Å². The first-order valence-electron chi connectivity index (χ1n) is 8.39. The van der Waals surface area contributed by atoms with Crippen molar-refractivity contribution < 1.29 is 17.9 Å². The summed E-state index contributed by atoms with van der Waals surface area (Å²) < 4.78 is 32.9. The predicted molar refractivity (Wildman–Crippen MR) is 96.1 cm³/mol. The van der Waals surface area contributed by atoms with E-state index in [0.717, 1.165) is 5.39 Å². The van der Waals surface area contributed by atoms with Crippen LogP contribution in [0.5, 0.6) is 0 Å². The zero-order valence-electron chi connectivity index (χ0n) is 14.5. The summed E-state index contributed by atoms with van der Waals surface area (Å²) in [5.41, 5.74) is 0.440. The maximum atomic E-state index is 11.8. The van der Waals surface area contributed by atoms with Crippen LogP contribution < -0.4 is 4.72 Å². The van der Waals surface area contributed by atoms with Gasteiger partial charge in [0, 0.05) is 30.5 Å². The number of sulfonamides is 1. The van der Waals surface area contributed by atoms with Crippen molar-refractivity contribution in [1.29, 1.82) is 0 Å². The highest BCUT2D eigenvalue weighted by atomic mass is 32.2. The summed E-state index contributed by atoms with van der Waals surface area (Å²) in [5.74, 6) is 0.0317. The molecule has 0 saturated carbocycles. The second kappa shape index (κ2) is 6.43. The van der Waals surface area contributed by atoms with Crippen LogP contribution in [-0.4, -0.2) is 58.0 Å². The zero-order valence-corrected chi connectivity index (χ0v) is 15.4. The molecule has 4 heterocycles. The van der Waals surface area contributed by atoms with Crippen LogP contribution in [0.1, 0.15) is 13.3 Å². The molecule has 142 valence electrons. The summed E-state index contributed by atoms with van der Waals surface area (Å²) in [6, 6.07) is 1.87. The second-order valence-corrected chi connectivity index (χ2v) is 8.53. The van der Waals surface area contributed by atoms with E-state index in [1.807, 2.05) is 6.07 Å². The number of cyclic esters (lactones) is 1. The first kappa shape index (κ1) is 17.6. The third-order valence-electron chi connectivity index (χ3n) is 4.60. The number of esters is 1. The van der Waals surface area contributed by atoms with Crippen molar-refractivity contribution >= 4 is 27.0 Å². The van der Waals surface area contributed by atoms with Crippen LogP contribution in [0, 0.1) is 0 Å². The van der Waals surface area contributed by atoms with Crippen LogP contribution in [-0.2, 0) is 25.1 Å².